The maximum absolute atomic E-state index is 12.0. The Morgan fingerprint density at radius 1 is 1.45 bits per heavy atom. The largest absolute Gasteiger partial charge is 0.450 e. The molecule has 2 N–H and O–H groups in total. The van der Waals surface area contributed by atoms with Crippen molar-refractivity contribution in [2.45, 2.75) is 31.8 Å². The van der Waals surface area contributed by atoms with Crippen LogP contribution in [0.3, 0.4) is 0 Å². The highest BCUT2D eigenvalue weighted by atomic mass is 79.9. The zero-order valence-corrected chi connectivity index (χ0v) is 14.0. The molecule has 0 aliphatic carbocycles. The van der Waals surface area contributed by atoms with E-state index in [2.05, 4.69) is 34.5 Å². The predicted octanol–water partition coefficient (Wildman–Crippen LogP) is 1.88. The lowest BCUT2D eigenvalue weighted by Crippen LogP contribution is -2.27. The second-order valence-corrected chi connectivity index (χ2v) is 7.16. The number of aliphatic hydroxyl groups excluding tert-OH is 1. The summed E-state index contributed by atoms with van der Waals surface area (Å²) in [4.78, 5) is -0.0243. The number of hydrogen-bond donors (Lipinski definition) is 2. The van der Waals surface area contributed by atoms with Crippen LogP contribution in [-0.4, -0.2) is 33.3 Å². The van der Waals surface area contributed by atoms with Crippen LogP contribution in [0.4, 0.5) is 0 Å². The summed E-state index contributed by atoms with van der Waals surface area (Å²) in [7, 11) is -3.67. The molecular weight excluding hydrogens is 350 g/mol. The van der Waals surface area contributed by atoms with Gasteiger partial charge in [0.15, 0.2) is 4.67 Å². The third kappa shape index (κ3) is 5.53. The molecule has 6 nitrogen and oxygen atoms in total. The fourth-order valence-corrected chi connectivity index (χ4v) is 3.41. The molecule has 0 spiro atoms. The van der Waals surface area contributed by atoms with Gasteiger partial charge in [-0.25, -0.2) is 13.1 Å². The molecule has 0 radical (unpaired) electrons. The maximum atomic E-state index is 12.0. The van der Waals surface area contributed by atoms with Gasteiger partial charge in [0.05, 0.1) is 6.61 Å². The molecule has 0 atom stereocenters. The van der Waals surface area contributed by atoms with Crippen molar-refractivity contribution in [3.8, 4) is 0 Å². The van der Waals surface area contributed by atoms with Gasteiger partial charge in [-0.3, -0.25) is 0 Å². The first-order valence-corrected chi connectivity index (χ1v) is 8.61. The molecule has 1 rings (SSSR count). The number of halogens is 1. The summed E-state index contributed by atoms with van der Waals surface area (Å²) >= 11 is 3.02. The van der Waals surface area contributed by atoms with Gasteiger partial charge in [0, 0.05) is 19.2 Å². The third-order valence-corrected chi connectivity index (χ3v) is 4.85. The average Bonchev–Trinajstić information content (AvgIpc) is 2.75. The van der Waals surface area contributed by atoms with Crippen molar-refractivity contribution in [2.24, 2.45) is 5.92 Å². The van der Waals surface area contributed by atoms with E-state index in [1.54, 1.807) is 0 Å². The van der Waals surface area contributed by atoms with E-state index in [1.807, 2.05) is 0 Å². The molecule has 8 heteroatoms. The smallest absolute Gasteiger partial charge is 0.245 e. The Labute approximate surface area is 127 Å². The summed E-state index contributed by atoms with van der Waals surface area (Å²) in [6.45, 7) is 4.96. The number of aliphatic hydroxyl groups is 1. The summed E-state index contributed by atoms with van der Waals surface area (Å²) in [5.74, 6) is 0.746. The van der Waals surface area contributed by atoms with Crippen LogP contribution in [0.25, 0.3) is 0 Å². The monoisotopic (exact) mass is 369 g/mol. The Morgan fingerprint density at radius 3 is 2.70 bits per heavy atom. The van der Waals surface area contributed by atoms with Crippen molar-refractivity contribution < 1.29 is 22.7 Å². The van der Waals surface area contributed by atoms with Crippen molar-refractivity contribution in [3.63, 3.8) is 0 Å². The Kier molecular flexibility index (Phi) is 7.18. The highest BCUT2D eigenvalue weighted by molar-refractivity contribution is 9.10. The van der Waals surface area contributed by atoms with Gasteiger partial charge in [-0.05, 0) is 28.3 Å². The summed E-state index contributed by atoms with van der Waals surface area (Å²) in [6, 6.07) is 1.28. The SMILES string of the molecule is CC(C)CCOCCNS(=O)(=O)c1cc(CO)oc1Br. The number of sulfonamides is 1. The molecule has 1 heterocycles. The van der Waals surface area contributed by atoms with Crippen LogP contribution in [-0.2, 0) is 21.4 Å². The minimum absolute atomic E-state index is 0.0243. The van der Waals surface area contributed by atoms with Crippen molar-refractivity contribution in [1.29, 1.82) is 0 Å². The van der Waals surface area contributed by atoms with Gasteiger partial charge in [-0.1, -0.05) is 13.8 Å². The Bertz CT molecular complexity index is 512. The molecule has 116 valence electrons. The molecule has 0 aromatic carbocycles. The highest BCUT2D eigenvalue weighted by Crippen LogP contribution is 2.25. The molecule has 0 unspecified atom stereocenters. The highest BCUT2D eigenvalue weighted by Gasteiger charge is 2.21. The van der Waals surface area contributed by atoms with Gasteiger partial charge < -0.3 is 14.3 Å². The first-order valence-electron chi connectivity index (χ1n) is 6.33. The number of furan rings is 1. The van der Waals surface area contributed by atoms with Crippen molar-refractivity contribution in [1.82, 2.24) is 4.72 Å². The third-order valence-electron chi connectivity index (χ3n) is 2.53. The van der Waals surface area contributed by atoms with E-state index in [0.717, 1.165) is 6.42 Å². The Balaban J connectivity index is 2.43. The normalized spacial score (nSPS) is 12.2. The molecule has 20 heavy (non-hydrogen) atoms. The molecule has 1 aromatic heterocycles. The van der Waals surface area contributed by atoms with E-state index in [0.29, 0.717) is 19.1 Å². The van der Waals surface area contributed by atoms with Crippen LogP contribution in [0, 0.1) is 5.92 Å². The molecule has 0 aliphatic heterocycles. The molecular formula is C12H20BrNO5S. The minimum Gasteiger partial charge on any atom is -0.450 e. The molecule has 0 fully saturated rings. The molecule has 0 amide bonds. The van der Waals surface area contributed by atoms with Crippen LogP contribution in [0.5, 0.6) is 0 Å². The number of hydrogen-bond acceptors (Lipinski definition) is 5. The van der Waals surface area contributed by atoms with E-state index in [1.165, 1.54) is 6.07 Å². The lowest BCUT2D eigenvalue weighted by Gasteiger charge is -2.07. The van der Waals surface area contributed by atoms with Crippen molar-refractivity contribution in [2.75, 3.05) is 19.8 Å². The topological polar surface area (TPSA) is 88.8 Å². The lowest BCUT2D eigenvalue weighted by molar-refractivity contribution is 0.128. The van der Waals surface area contributed by atoms with Crippen LogP contribution in [0.15, 0.2) is 20.0 Å². The quantitative estimate of drug-likeness (QED) is 0.648. The van der Waals surface area contributed by atoms with Gasteiger partial charge in [-0.2, -0.15) is 0 Å². The fourth-order valence-electron chi connectivity index (χ4n) is 1.41. The molecule has 0 saturated carbocycles. The molecule has 0 bridgehead atoms. The molecule has 0 aliphatic rings. The van der Waals surface area contributed by atoms with E-state index < -0.39 is 10.0 Å². The molecule has 0 saturated heterocycles. The number of ether oxygens (including phenoxy) is 1. The first-order chi connectivity index (χ1) is 9.36. The summed E-state index contributed by atoms with van der Waals surface area (Å²) in [5, 5.41) is 8.91. The van der Waals surface area contributed by atoms with E-state index in [-0.39, 0.29) is 28.5 Å². The fraction of sp³-hybridized carbons (Fsp3) is 0.667. The summed E-state index contributed by atoms with van der Waals surface area (Å²) in [6.07, 6.45) is 0.944. The summed E-state index contributed by atoms with van der Waals surface area (Å²) in [5.41, 5.74) is 0. The first kappa shape index (κ1) is 17.6. The van der Waals surface area contributed by atoms with E-state index >= 15 is 0 Å². The average molecular weight is 370 g/mol. The van der Waals surface area contributed by atoms with Crippen LogP contribution < -0.4 is 4.72 Å². The predicted molar refractivity (Wildman–Crippen MR) is 77.8 cm³/mol. The van der Waals surface area contributed by atoms with Gasteiger partial charge in [0.1, 0.15) is 17.3 Å². The summed E-state index contributed by atoms with van der Waals surface area (Å²) < 4.78 is 36.8. The van der Waals surface area contributed by atoms with Crippen LogP contribution in [0.2, 0.25) is 0 Å². The van der Waals surface area contributed by atoms with Gasteiger partial charge in [-0.15, -0.1) is 0 Å². The zero-order chi connectivity index (χ0) is 15.2. The van der Waals surface area contributed by atoms with Crippen LogP contribution >= 0.6 is 15.9 Å². The van der Waals surface area contributed by atoms with Gasteiger partial charge in [0.25, 0.3) is 0 Å². The minimum atomic E-state index is -3.67. The second-order valence-electron chi connectivity index (χ2n) is 4.70. The second kappa shape index (κ2) is 8.14. The Hall–Kier alpha value is -0.410. The van der Waals surface area contributed by atoms with Gasteiger partial charge in [0.2, 0.25) is 10.0 Å². The van der Waals surface area contributed by atoms with Crippen LogP contribution in [0.1, 0.15) is 26.0 Å². The van der Waals surface area contributed by atoms with E-state index in [4.69, 9.17) is 14.3 Å². The van der Waals surface area contributed by atoms with E-state index in [9.17, 15) is 8.42 Å². The lowest BCUT2D eigenvalue weighted by atomic mass is 10.1. The number of nitrogens with one attached hydrogen (secondary N) is 1. The molecule has 1 aromatic rings. The number of rotatable bonds is 9. The maximum Gasteiger partial charge on any atom is 0.245 e. The standard InChI is InChI=1S/C12H20BrNO5S/c1-9(2)3-5-18-6-4-14-20(16,17)11-7-10(8-15)19-12(11)13/h7,9,14-15H,3-6,8H2,1-2H3. The van der Waals surface area contributed by atoms with Crippen molar-refractivity contribution >= 4 is 26.0 Å². The van der Waals surface area contributed by atoms with Crippen molar-refractivity contribution in [3.05, 3.63) is 16.5 Å². The Morgan fingerprint density at radius 2 is 2.15 bits per heavy atom. The zero-order valence-electron chi connectivity index (χ0n) is 11.6. The van der Waals surface area contributed by atoms with Gasteiger partial charge >= 0.3 is 0 Å².